The van der Waals surface area contributed by atoms with E-state index in [1.54, 1.807) is 0 Å². The first kappa shape index (κ1) is 10.9. The zero-order chi connectivity index (χ0) is 8.91. The SMILES string of the molecule is C=CCC(C)(C)CO[SiH](C)C. The molecule has 0 aromatic rings. The molecule has 0 spiro atoms. The van der Waals surface area contributed by atoms with Crippen molar-refractivity contribution in [2.45, 2.75) is 33.4 Å². The van der Waals surface area contributed by atoms with Gasteiger partial charge in [0.05, 0.1) is 0 Å². The summed E-state index contributed by atoms with van der Waals surface area (Å²) < 4.78 is 5.65. The Labute approximate surface area is 72.2 Å². The van der Waals surface area contributed by atoms with Crippen molar-refractivity contribution in [3.63, 3.8) is 0 Å². The molecule has 0 aliphatic rings. The Bertz CT molecular complexity index is 119. The second-order valence-corrected chi connectivity index (χ2v) is 6.45. The van der Waals surface area contributed by atoms with Gasteiger partial charge in [0.25, 0.3) is 0 Å². The molecule has 0 amide bonds. The van der Waals surface area contributed by atoms with Crippen LogP contribution in [0.5, 0.6) is 0 Å². The molecule has 0 aromatic heterocycles. The monoisotopic (exact) mass is 172 g/mol. The molecule has 0 unspecified atom stereocenters. The predicted octanol–water partition coefficient (Wildman–Crippen LogP) is 2.59. The Kier molecular flexibility index (Phi) is 4.69. The first-order chi connectivity index (χ1) is 4.98. The molecule has 0 saturated carbocycles. The molecule has 1 nitrogen and oxygen atoms in total. The first-order valence-corrected chi connectivity index (χ1v) is 6.98. The summed E-state index contributed by atoms with van der Waals surface area (Å²) in [4.78, 5) is 0. The fraction of sp³-hybridized carbons (Fsp3) is 0.778. The average molecular weight is 172 g/mol. The fourth-order valence-corrected chi connectivity index (χ4v) is 1.63. The van der Waals surface area contributed by atoms with Crippen LogP contribution >= 0.6 is 0 Å². The van der Waals surface area contributed by atoms with Gasteiger partial charge in [-0.25, -0.2) is 0 Å². The summed E-state index contributed by atoms with van der Waals surface area (Å²) in [5.74, 6) is 0. The van der Waals surface area contributed by atoms with E-state index in [0.29, 0.717) is 0 Å². The van der Waals surface area contributed by atoms with E-state index < -0.39 is 9.04 Å². The molecule has 0 fully saturated rings. The summed E-state index contributed by atoms with van der Waals surface area (Å²) in [5.41, 5.74) is 0.277. The van der Waals surface area contributed by atoms with Gasteiger partial charge >= 0.3 is 0 Å². The van der Waals surface area contributed by atoms with E-state index in [1.807, 2.05) is 6.08 Å². The average Bonchev–Trinajstić information content (AvgIpc) is 1.84. The molecule has 0 rings (SSSR count). The summed E-state index contributed by atoms with van der Waals surface area (Å²) >= 11 is 0. The third kappa shape index (κ3) is 6.32. The van der Waals surface area contributed by atoms with Crippen LogP contribution in [-0.2, 0) is 4.43 Å². The normalized spacial score (nSPS) is 12.1. The summed E-state index contributed by atoms with van der Waals surface area (Å²) in [6, 6.07) is 0. The van der Waals surface area contributed by atoms with Crippen molar-refractivity contribution >= 4 is 9.04 Å². The quantitative estimate of drug-likeness (QED) is 0.457. The van der Waals surface area contributed by atoms with Crippen molar-refractivity contribution in [2.75, 3.05) is 6.61 Å². The van der Waals surface area contributed by atoms with Crippen molar-refractivity contribution in [1.82, 2.24) is 0 Å². The highest BCUT2D eigenvalue weighted by atomic mass is 28.3. The zero-order valence-electron chi connectivity index (χ0n) is 8.18. The highest BCUT2D eigenvalue weighted by Gasteiger charge is 2.16. The second kappa shape index (κ2) is 4.73. The van der Waals surface area contributed by atoms with Crippen LogP contribution in [0.15, 0.2) is 12.7 Å². The molecule has 0 N–H and O–H groups in total. The molecule has 0 heterocycles. The van der Waals surface area contributed by atoms with E-state index in [0.717, 1.165) is 13.0 Å². The van der Waals surface area contributed by atoms with Gasteiger partial charge in [-0.05, 0) is 24.9 Å². The number of allylic oxidation sites excluding steroid dienone is 1. The maximum Gasteiger partial charge on any atom is 0.170 e. The number of hydrogen-bond acceptors (Lipinski definition) is 1. The van der Waals surface area contributed by atoms with Gasteiger partial charge in [0, 0.05) is 6.61 Å². The van der Waals surface area contributed by atoms with Gasteiger partial charge in [-0.3, -0.25) is 0 Å². The Balaban J connectivity index is 3.62. The maximum absolute atomic E-state index is 5.65. The lowest BCUT2D eigenvalue weighted by Crippen LogP contribution is -2.22. The van der Waals surface area contributed by atoms with Crippen molar-refractivity contribution < 1.29 is 4.43 Å². The largest absolute Gasteiger partial charge is 0.420 e. The Morgan fingerprint density at radius 2 is 2.00 bits per heavy atom. The van der Waals surface area contributed by atoms with E-state index in [9.17, 15) is 0 Å². The summed E-state index contributed by atoms with van der Waals surface area (Å²) in [5, 5.41) is 0. The molecule has 11 heavy (non-hydrogen) atoms. The minimum absolute atomic E-state index is 0.277. The van der Waals surface area contributed by atoms with Crippen LogP contribution in [0.2, 0.25) is 13.1 Å². The number of hydrogen-bond donors (Lipinski definition) is 0. The van der Waals surface area contributed by atoms with Gasteiger partial charge in [-0.15, -0.1) is 6.58 Å². The van der Waals surface area contributed by atoms with Crippen LogP contribution in [0.1, 0.15) is 20.3 Å². The predicted molar refractivity (Wildman–Crippen MR) is 53.4 cm³/mol. The van der Waals surface area contributed by atoms with Gasteiger partial charge in [0.15, 0.2) is 9.04 Å². The Morgan fingerprint density at radius 1 is 1.45 bits per heavy atom. The van der Waals surface area contributed by atoms with Crippen LogP contribution in [0.3, 0.4) is 0 Å². The van der Waals surface area contributed by atoms with E-state index in [2.05, 4.69) is 33.5 Å². The molecule has 0 aliphatic carbocycles. The maximum atomic E-state index is 5.65. The van der Waals surface area contributed by atoms with E-state index in [4.69, 9.17) is 4.43 Å². The molecule has 0 saturated heterocycles. The highest BCUT2D eigenvalue weighted by Crippen LogP contribution is 2.20. The Morgan fingerprint density at radius 3 is 2.36 bits per heavy atom. The van der Waals surface area contributed by atoms with E-state index in [-0.39, 0.29) is 5.41 Å². The molecule has 0 aromatic carbocycles. The van der Waals surface area contributed by atoms with Crippen LogP contribution in [0, 0.1) is 5.41 Å². The van der Waals surface area contributed by atoms with Crippen molar-refractivity contribution in [1.29, 1.82) is 0 Å². The summed E-state index contributed by atoms with van der Waals surface area (Å²) in [6.07, 6.45) is 3.00. The van der Waals surface area contributed by atoms with Crippen LogP contribution in [0.4, 0.5) is 0 Å². The van der Waals surface area contributed by atoms with Crippen LogP contribution < -0.4 is 0 Å². The zero-order valence-corrected chi connectivity index (χ0v) is 9.34. The van der Waals surface area contributed by atoms with Gasteiger partial charge in [-0.2, -0.15) is 0 Å². The fourth-order valence-electron chi connectivity index (χ4n) is 0.842. The molecule has 0 atom stereocenters. The van der Waals surface area contributed by atoms with Gasteiger partial charge < -0.3 is 4.43 Å². The Hall–Kier alpha value is -0.0831. The van der Waals surface area contributed by atoms with Gasteiger partial charge in [-0.1, -0.05) is 19.9 Å². The minimum Gasteiger partial charge on any atom is -0.420 e. The first-order valence-electron chi connectivity index (χ1n) is 4.20. The lowest BCUT2D eigenvalue weighted by molar-refractivity contribution is 0.184. The molecule has 0 bridgehead atoms. The van der Waals surface area contributed by atoms with Crippen molar-refractivity contribution in [3.8, 4) is 0 Å². The van der Waals surface area contributed by atoms with Crippen LogP contribution in [0.25, 0.3) is 0 Å². The molecular formula is C9H20OSi. The third-order valence-electron chi connectivity index (χ3n) is 1.50. The van der Waals surface area contributed by atoms with E-state index in [1.165, 1.54) is 0 Å². The highest BCUT2D eigenvalue weighted by molar-refractivity contribution is 6.48. The summed E-state index contributed by atoms with van der Waals surface area (Å²) in [6.45, 7) is 13.4. The molecule has 0 aliphatic heterocycles. The lowest BCUT2D eigenvalue weighted by atomic mass is 9.91. The summed E-state index contributed by atoms with van der Waals surface area (Å²) in [7, 11) is -0.830. The van der Waals surface area contributed by atoms with E-state index >= 15 is 0 Å². The standard InChI is InChI=1S/C9H20OSi/c1-6-7-9(2,3)8-10-11(4)5/h6,11H,1,7-8H2,2-5H3. The van der Waals surface area contributed by atoms with Crippen molar-refractivity contribution in [2.24, 2.45) is 5.41 Å². The molecule has 66 valence electrons. The second-order valence-electron chi connectivity index (χ2n) is 4.02. The minimum atomic E-state index is -0.830. The van der Waals surface area contributed by atoms with Gasteiger partial charge in [0.2, 0.25) is 0 Å². The molecule has 2 heteroatoms. The third-order valence-corrected chi connectivity index (χ3v) is 2.34. The number of rotatable bonds is 5. The molecular weight excluding hydrogens is 152 g/mol. The smallest absolute Gasteiger partial charge is 0.170 e. The van der Waals surface area contributed by atoms with Gasteiger partial charge in [0.1, 0.15) is 0 Å². The van der Waals surface area contributed by atoms with Crippen molar-refractivity contribution in [3.05, 3.63) is 12.7 Å². The lowest BCUT2D eigenvalue weighted by Gasteiger charge is -2.23. The van der Waals surface area contributed by atoms with Crippen LogP contribution in [-0.4, -0.2) is 15.6 Å². The topological polar surface area (TPSA) is 9.23 Å². The molecule has 0 radical (unpaired) electrons.